The minimum atomic E-state index is -3.52. The van der Waals surface area contributed by atoms with Crippen LogP contribution in [0.2, 0.25) is 5.02 Å². The quantitative estimate of drug-likeness (QED) is 0.439. The molecule has 0 fully saturated rings. The second kappa shape index (κ2) is 12.1. The van der Waals surface area contributed by atoms with Gasteiger partial charge in [0.1, 0.15) is 11.7 Å². The van der Waals surface area contributed by atoms with Crippen LogP contribution in [0, 0.1) is 0 Å². The number of carboxylic acid groups (broad SMARTS) is 1. The molecule has 1 aliphatic rings. The van der Waals surface area contributed by atoms with Gasteiger partial charge in [-0.25, -0.2) is 13.2 Å². The summed E-state index contributed by atoms with van der Waals surface area (Å²) in [5.41, 5.74) is 1.66. The smallest absolute Gasteiger partial charge is 0.413 e. The van der Waals surface area contributed by atoms with Crippen molar-refractivity contribution in [2.45, 2.75) is 30.7 Å². The molecule has 9 nitrogen and oxygen atoms in total. The van der Waals surface area contributed by atoms with Gasteiger partial charge in [0.05, 0.1) is 23.0 Å². The first-order valence-corrected chi connectivity index (χ1v) is 13.3. The van der Waals surface area contributed by atoms with Crippen LogP contribution in [-0.2, 0) is 21.2 Å². The highest BCUT2D eigenvalue weighted by atomic mass is 35.5. The molecule has 2 N–H and O–H groups in total. The van der Waals surface area contributed by atoms with Crippen molar-refractivity contribution in [1.82, 2.24) is 15.1 Å². The van der Waals surface area contributed by atoms with E-state index in [1.165, 1.54) is 11.0 Å². The summed E-state index contributed by atoms with van der Waals surface area (Å²) in [5.74, 6) is 0.230. The number of hydrogen-bond acceptors (Lipinski definition) is 6. The highest BCUT2D eigenvalue weighted by Gasteiger charge is 2.24. The average molecular weight is 521 g/mol. The van der Waals surface area contributed by atoms with E-state index in [-0.39, 0.29) is 21.7 Å². The van der Waals surface area contributed by atoms with Crippen molar-refractivity contribution >= 4 is 39.3 Å². The molecule has 11 heteroatoms. The number of rotatable bonds is 11. The summed E-state index contributed by atoms with van der Waals surface area (Å²) >= 11 is 5.97. The Morgan fingerprint density at radius 3 is 2.54 bits per heavy atom. The number of nitrogens with zero attached hydrogens (tertiary/aromatic N) is 3. The van der Waals surface area contributed by atoms with E-state index in [0.717, 1.165) is 11.1 Å². The van der Waals surface area contributed by atoms with Gasteiger partial charge in [-0.3, -0.25) is 14.7 Å². The Labute approximate surface area is 210 Å². The largest absolute Gasteiger partial charge is 0.465 e. The first-order valence-electron chi connectivity index (χ1n) is 11.3. The molecule has 0 atom stereocenters. The summed E-state index contributed by atoms with van der Waals surface area (Å²) in [6, 6.07) is 13.7. The number of amides is 2. The van der Waals surface area contributed by atoms with Gasteiger partial charge in [0, 0.05) is 25.6 Å². The summed E-state index contributed by atoms with van der Waals surface area (Å²) in [6.45, 7) is 1.71. The zero-order valence-electron chi connectivity index (χ0n) is 19.5. The Hall–Kier alpha value is -2.95. The molecule has 0 radical (unpaired) electrons. The average Bonchev–Trinajstić information content (AvgIpc) is 3.32. The Balaban J connectivity index is 1.38. The molecule has 0 spiro atoms. The van der Waals surface area contributed by atoms with Gasteiger partial charge in [-0.1, -0.05) is 48.0 Å². The first kappa shape index (κ1) is 26.7. The van der Waals surface area contributed by atoms with Crippen molar-refractivity contribution in [2.24, 2.45) is 4.99 Å². The molecule has 1 heterocycles. The molecule has 0 unspecified atom stereocenters. The fourth-order valence-corrected chi connectivity index (χ4v) is 5.41. The van der Waals surface area contributed by atoms with Crippen LogP contribution in [0.4, 0.5) is 4.79 Å². The standard InChI is InChI=1S/C24H29ClN4O5S/c1-28(16-18-9-11-19(12-10-18)23-27-14-15-29(23)24(31)32)22(30)8-4-5-13-26-17-35(33,34)21-7-3-2-6-20(21)25/h2-3,6-7,9-12,26H,4-5,8,13-17H2,1H3,(H,31,32). The lowest BCUT2D eigenvalue weighted by Crippen LogP contribution is -2.33. The van der Waals surface area contributed by atoms with Gasteiger partial charge in [0.25, 0.3) is 0 Å². The lowest BCUT2D eigenvalue weighted by Gasteiger charge is -2.18. The molecule has 0 saturated carbocycles. The molecule has 0 bridgehead atoms. The normalized spacial score (nSPS) is 13.5. The number of amidine groups is 1. The highest BCUT2D eigenvalue weighted by Crippen LogP contribution is 2.21. The van der Waals surface area contributed by atoms with Gasteiger partial charge in [-0.15, -0.1) is 0 Å². The van der Waals surface area contributed by atoms with E-state index in [9.17, 15) is 23.1 Å². The molecular weight excluding hydrogens is 492 g/mol. The number of benzene rings is 2. The van der Waals surface area contributed by atoms with E-state index in [0.29, 0.717) is 51.3 Å². The van der Waals surface area contributed by atoms with Gasteiger partial charge in [0.15, 0.2) is 9.84 Å². The van der Waals surface area contributed by atoms with Crippen LogP contribution in [0.3, 0.4) is 0 Å². The lowest BCUT2D eigenvalue weighted by molar-refractivity contribution is -0.130. The van der Waals surface area contributed by atoms with Crippen LogP contribution in [0.5, 0.6) is 0 Å². The Morgan fingerprint density at radius 1 is 1.14 bits per heavy atom. The Kier molecular flexibility index (Phi) is 9.25. The third kappa shape index (κ3) is 7.27. The van der Waals surface area contributed by atoms with Crippen LogP contribution in [0.15, 0.2) is 58.4 Å². The predicted octanol–water partition coefficient (Wildman–Crippen LogP) is 3.23. The van der Waals surface area contributed by atoms with Crippen LogP contribution < -0.4 is 5.32 Å². The molecule has 2 amide bonds. The predicted molar refractivity (Wildman–Crippen MR) is 134 cm³/mol. The van der Waals surface area contributed by atoms with Crippen LogP contribution >= 0.6 is 11.6 Å². The number of hydrogen-bond donors (Lipinski definition) is 2. The number of nitrogens with one attached hydrogen (secondary N) is 1. The minimum Gasteiger partial charge on any atom is -0.465 e. The van der Waals surface area contributed by atoms with Gasteiger partial charge >= 0.3 is 6.09 Å². The summed E-state index contributed by atoms with van der Waals surface area (Å²) in [6.07, 6.45) is 0.631. The Morgan fingerprint density at radius 2 is 1.86 bits per heavy atom. The monoisotopic (exact) mass is 520 g/mol. The second-order valence-corrected chi connectivity index (χ2v) is 10.6. The van der Waals surface area contributed by atoms with E-state index in [4.69, 9.17) is 11.6 Å². The number of carbonyl (C=O) groups excluding carboxylic acids is 1. The molecule has 0 saturated heterocycles. The topological polar surface area (TPSA) is 119 Å². The third-order valence-electron chi connectivity index (χ3n) is 5.59. The summed E-state index contributed by atoms with van der Waals surface area (Å²) in [5, 5.41) is 12.4. The van der Waals surface area contributed by atoms with Crippen molar-refractivity contribution < 1.29 is 23.1 Å². The maximum absolute atomic E-state index is 12.5. The van der Waals surface area contributed by atoms with Crippen LogP contribution in [0.1, 0.15) is 30.4 Å². The molecule has 2 aromatic carbocycles. The zero-order valence-corrected chi connectivity index (χ0v) is 21.1. The van der Waals surface area contributed by atoms with Crippen LogP contribution in [-0.4, -0.2) is 73.7 Å². The first-order chi connectivity index (χ1) is 16.7. The summed E-state index contributed by atoms with van der Waals surface area (Å²) in [7, 11) is -1.78. The second-order valence-electron chi connectivity index (χ2n) is 8.23. The molecule has 2 aromatic rings. The molecule has 3 rings (SSSR count). The van der Waals surface area contributed by atoms with Gasteiger partial charge in [-0.05, 0) is 37.1 Å². The van der Waals surface area contributed by atoms with Crippen molar-refractivity contribution in [1.29, 1.82) is 0 Å². The van der Waals surface area contributed by atoms with Gasteiger partial charge in [0.2, 0.25) is 5.91 Å². The van der Waals surface area contributed by atoms with E-state index < -0.39 is 15.9 Å². The SMILES string of the molecule is CN(Cc1ccc(C2=NCCN2C(=O)O)cc1)C(=O)CCCCNCS(=O)(=O)c1ccccc1Cl. The van der Waals surface area contributed by atoms with Crippen molar-refractivity contribution in [3.63, 3.8) is 0 Å². The molecule has 0 aliphatic carbocycles. The number of carbonyl (C=O) groups is 2. The summed E-state index contributed by atoms with van der Waals surface area (Å²) < 4.78 is 24.7. The highest BCUT2D eigenvalue weighted by molar-refractivity contribution is 7.91. The number of aliphatic imine (C=N–C) groups is 1. The number of halogens is 1. The third-order valence-corrected chi connectivity index (χ3v) is 7.64. The molecule has 35 heavy (non-hydrogen) atoms. The molecular formula is C24H29ClN4O5S. The van der Waals surface area contributed by atoms with Gasteiger partial charge in [-0.2, -0.15) is 0 Å². The zero-order chi connectivity index (χ0) is 25.4. The van der Waals surface area contributed by atoms with Crippen molar-refractivity contribution in [3.05, 3.63) is 64.7 Å². The summed E-state index contributed by atoms with van der Waals surface area (Å²) in [4.78, 5) is 31.0. The van der Waals surface area contributed by atoms with Crippen molar-refractivity contribution in [2.75, 3.05) is 32.6 Å². The molecule has 0 aromatic heterocycles. The lowest BCUT2D eigenvalue weighted by atomic mass is 10.1. The maximum Gasteiger partial charge on any atom is 0.413 e. The fraction of sp³-hybridized carbons (Fsp3) is 0.375. The molecule has 1 aliphatic heterocycles. The molecule has 188 valence electrons. The van der Waals surface area contributed by atoms with E-state index in [1.807, 2.05) is 24.3 Å². The van der Waals surface area contributed by atoms with Gasteiger partial charge < -0.3 is 15.3 Å². The maximum atomic E-state index is 12.5. The van der Waals surface area contributed by atoms with E-state index in [1.54, 1.807) is 30.1 Å². The number of sulfone groups is 1. The fourth-order valence-electron chi connectivity index (χ4n) is 3.70. The van der Waals surface area contributed by atoms with Crippen LogP contribution in [0.25, 0.3) is 0 Å². The minimum absolute atomic E-state index is 0.00464. The Bertz CT molecular complexity index is 1180. The number of unbranched alkanes of at least 4 members (excludes halogenated alkanes) is 1. The van der Waals surface area contributed by atoms with Crippen molar-refractivity contribution in [3.8, 4) is 0 Å². The van der Waals surface area contributed by atoms with E-state index >= 15 is 0 Å². The van der Waals surface area contributed by atoms with E-state index in [2.05, 4.69) is 10.3 Å².